The second kappa shape index (κ2) is 7.34. The molecule has 1 aliphatic rings. The quantitative estimate of drug-likeness (QED) is 0.594. The van der Waals surface area contributed by atoms with Crippen LogP contribution in [-0.4, -0.2) is 26.4 Å². The monoisotopic (exact) mass is 186 g/mol. The Morgan fingerprint density at radius 1 is 1.00 bits per heavy atom. The molecule has 0 bridgehead atoms. The van der Waals surface area contributed by atoms with E-state index in [0.717, 1.165) is 32.3 Å². The zero-order valence-corrected chi connectivity index (χ0v) is 8.76. The number of rotatable bonds is 6. The summed E-state index contributed by atoms with van der Waals surface area (Å²) in [5.74, 6) is 0.829. The van der Waals surface area contributed by atoms with E-state index in [1.807, 2.05) is 6.92 Å². The highest BCUT2D eigenvalue weighted by Crippen LogP contribution is 2.23. The molecule has 0 aromatic carbocycles. The van der Waals surface area contributed by atoms with Gasteiger partial charge in [0.1, 0.15) is 0 Å². The average molecular weight is 186 g/mol. The Labute approximate surface area is 81.6 Å². The van der Waals surface area contributed by atoms with E-state index in [1.165, 1.54) is 32.1 Å². The third-order valence-electron chi connectivity index (χ3n) is 2.65. The third-order valence-corrected chi connectivity index (χ3v) is 2.65. The first-order valence-corrected chi connectivity index (χ1v) is 5.59. The van der Waals surface area contributed by atoms with E-state index in [0.29, 0.717) is 0 Å². The van der Waals surface area contributed by atoms with Crippen LogP contribution in [0.5, 0.6) is 0 Å². The van der Waals surface area contributed by atoms with Crippen molar-refractivity contribution in [3.63, 3.8) is 0 Å². The van der Waals surface area contributed by atoms with Crippen molar-refractivity contribution in [2.75, 3.05) is 26.4 Å². The summed E-state index contributed by atoms with van der Waals surface area (Å²) in [6.07, 6.45) is 6.97. The minimum absolute atomic E-state index is 0.753. The van der Waals surface area contributed by atoms with E-state index in [4.69, 9.17) is 9.47 Å². The fourth-order valence-electron chi connectivity index (χ4n) is 1.87. The molecule has 2 heteroatoms. The van der Waals surface area contributed by atoms with Crippen LogP contribution in [0.3, 0.4) is 0 Å². The van der Waals surface area contributed by atoms with Crippen LogP contribution in [0.1, 0.15) is 39.0 Å². The summed E-state index contributed by atoms with van der Waals surface area (Å²) in [5.41, 5.74) is 0. The molecule has 0 N–H and O–H groups in total. The third kappa shape index (κ3) is 5.27. The molecular weight excluding hydrogens is 164 g/mol. The normalized spacial score (nSPS) is 19.2. The van der Waals surface area contributed by atoms with Crippen LogP contribution >= 0.6 is 0 Å². The van der Waals surface area contributed by atoms with Crippen LogP contribution in [0.4, 0.5) is 0 Å². The van der Waals surface area contributed by atoms with E-state index in [-0.39, 0.29) is 0 Å². The summed E-state index contributed by atoms with van der Waals surface area (Å²) in [4.78, 5) is 0. The molecule has 0 spiro atoms. The Kier molecular flexibility index (Phi) is 6.21. The molecule has 0 unspecified atom stereocenters. The molecule has 0 aromatic rings. The molecule has 1 saturated carbocycles. The lowest BCUT2D eigenvalue weighted by Crippen LogP contribution is -2.15. The molecule has 0 radical (unpaired) electrons. The van der Waals surface area contributed by atoms with Gasteiger partial charge in [-0.05, 0) is 25.7 Å². The Morgan fingerprint density at radius 3 is 2.38 bits per heavy atom. The van der Waals surface area contributed by atoms with Gasteiger partial charge in [-0.25, -0.2) is 0 Å². The summed E-state index contributed by atoms with van der Waals surface area (Å²) in [7, 11) is 0. The van der Waals surface area contributed by atoms with Gasteiger partial charge >= 0.3 is 0 Å². The van der Waals surface area contributed by atoms with Crippen molar-refractivity contribution in [2.45, 2.75) is 39.0 Å². The summed E-state index contributed by atoms with van der Waals surface area (Å²) < 4.78 is 10.7. The van der Waals surface area contributed by atoms with Gasteiger partial charge in [-0.15, -0.1) is 0 Å². The topological polar surface area (TPSA) is 18.5 Å². The SMILES string of the molecule is CCOCCOCC1CCCCC1. The molecule has 1 fully saturated rings. The molecule has 0 atom stereocenters. The first kappa shape index (κ1) is 11.0. The minimum atomic E-state index is 0.753. The van der Waals surface area contributed by atoms with Crippen molar-refractivity contribution in [1.82, 2.24) is 0 Å². The van der Waals surface area contributed by atoms with Gasteiger partial charge in [0, 0.05) is 13.2 Å². The maximum atomic E-state index is 5.55. The molecule has 1 rings (SSSR count). The molecule has 0 saturated heterocycles. The van der Waals surface area contributed by atoms with E-state index >= 15 is 0 Å². The lowest BCUT2D eigenvalue weighted by molar-refractivity contribution is 0.0314. The smallest absolute Gasteiger partial charge is 0.0700 e. The zero-order valence-electron chi connectivity index (χ0n) is 8.76. The van der Waals surface area contributed by atoms with Gasteiger partial charge in [0.15, 0.2) is 0 Å². The van der Waals surface area contributed by atoms with Crippen LogP contribution in [0.15, 0.2) is 0 Å². The van der Waals surface area contributed by atoms with Crippen molar-refractivity contribution in [1.29, 1.82) is 0 Å². The Balaban J connectivity index is 1.86. The molecule has 2 nitrogen and oxygen atoms in total. The lowest BCUT2D eigenvalue weighted by atomic mass is 9.90. The molecular formula is C11H22O2. The second-order valence-electron chi connectivity index (χ2n) is 3.78. The Morgan fingerprint density at radius 2 is 1.69 bits per heavy atom. The predicted molar refractivity (Wildman–Crippen MR) is 53.9 cm³/mol. The van der Waals surface area contributed by atoms with Crippen LogP contribution < -0.4 is 0 Å². The van der Waals surface area contributed by atoms with Gasteiger partial charge in [0.25, 0.3) is 0 Å². The van der Waals surface area contributed by atoms with E-state index < -0.39 is 0 Å². The van der Waals surface area contributed by atoms with Gasteiger partial charge in [-0.3, -0.25) is 0 Å². The van der Waals surface area contributed by atoms with Crippen LogP contribution in [0.2, 0.25) is 0 Å². The largest absolute Gasteiger partial charge is 0.379 e. The number of ether oxygens (including phenoxy) is 2. The summed E-state index contributed by atoms with van der Waals surface area (Å²) in [6, 6.07) is 0. The Hall–Kier alpha value is -0.0800. The van der Waals surface area contributed by atoms with E-state index in [1.54, 1.807) is 0 Å². The van der Waals surface area contributed by atoms with Crippen molar-refractivity contribution in [3.8, 4) is 0 Å². The molecule has 13 heavy (non-hydrogen) atoms. The minimum Gasteiger partial charge on any atom is -0.379 e. The standard InChI is InChI=1S/C11H22O2/c1-2-12-8-9-13-10-11-6-4-3-5-7-11/h11H,2-10H2,1H3. The first-order chi connectivity index (χ1) is 6.43. The van der Waals surface area contributed by atoms with Gasteiger partial charge in [-0.1, -0.05) is 19.3 Å². The highest BCUT2D eigenvalue weighted by molar-refractivity contribution is 4.64. The highest BCUT2D eigenvalue weighted by atomic mass is 16.5. The van der Waals surface area contributed by atoms with Crippen LogP contribution in [0.25, 0.3) is 0 Å². The first-order valence-electron chi connectivity index (χ1n) is 5.59. The molecule has 1 aliphatic carbocycles. The van der Waals surface area contributed by atoms with Crippen molar-refractivity contribution >= 4 is 0 Å². The highest BCUT2D eigenvalue weighted by Gasteiger charge is 2.12. The van der Waals surface area contributed by atoms with Crippen molar-refractivity contribution in [3.05, 3.63) is 0 Å². The molecule has 0 amide bonds. The lowest BCUT2D eigenvalue weighted by Gasteiger charge is -2.21. The molecule has 0 heterocycles. The number of hydrogen-bond acceptors (Lipinski definition) is 2. The van der Waals surface area contributed by atoms with Gasteiger partial charge in [0.2, 0.25) is 0 Å². The summed E-state index contributed by atoms with van der Waals surface area (Å²) in [6.45, 7) is 5.29. The van der Waals surface area contributed by atoms with Gasteiger partial charge in [-0.2, -0.15) is 0 Å². The predicted octanol–water partition coefficient (Wildman–Crippen LogP) is 2.62. The van der Waals surface area contributed by atoms with E-state index in [2.05, 4.69) is 0 Å². The summed E-state index contributed by atoms with van der Waals surface area (Å²) >= 11 is 0. The van der Waals surface area contributed by atoms with Crippen molar-refractivity contribution < 1.29 is 9.47 Å². The summed E-state index contributed by atoms with van der Waals surface area (Å²) in [5, 5.41) is 0. The second-order valence-corrected chi connectivity index (χ2v) is 3.78. The van der Waals surface area contributed by atoms with Crippen molar-refractivity contribution in [2.24, 2.45) is 5.92 Å². The zero-order chi connectivity index (χ0) is 9.36. The fraction of sp³-hybridized carbons (Fsp3) is 1.00. The average Bonchev–Trinajstić information content (AvgIpc) is 2.19. The fourth-order valence-corrected chi connectivity index (χ4v) is 1.87. The van der Waals surface area contributed by atoms with Gasteiger partial charge < -0.3 is 9.47 Å². The maximum Gasteiger partial charge on any atom is 0.0700 e. The van der Waals surface area contributed by atoms with Gasteiger partial charge in [0.05, 0.1) is 13.2 Å². The van der Waals surface area contributed by atoms with Crippen LogP contribution in [0, 0.1) is 5.92 Å². The van der Waals surface area contributed by atoms with E-state index in [9.17, 15) is 0 Å². The molecule has 0 aliphatic heterocycles. The maximum absolute atomic E-state index is 5.55. The Bertz CT molecular complexity index is 109. The van der Waals surface area contributed by atoms with Crippen LogP contribution in [-0.2, 0) is 9.47 Å². The molecule has 78 valence electrons. The number of hydrogen-bond donors (Lipinski definition) is 0. The molecule has 0 aromatic heterocycles.